The normalized spacial score (nSPS) is 10.3. The highest BCUT2D eigenvalue weighted by molar-refractivity contribution is 6.17. The molecular weight excluding hydrogens is 200 g/mol. The minimum Gasteiger partial charge on any atom is -0.478 e. The van der Waals surface area contributed by atoms with Gasteiger partial charge in [-0.25, -0.2) is 4.79 Å². The maximum Gasteiger partial charge on any atom is 0.335 e. The molecule has 3 heteroatoms. The predicted octanol–water partition coefficient (Wildman–Crippen LogP) is 3.05. The van der Waals surface area contributed by atoms with E-state index in [2.05, 4.69) is 0 Å². The third-order valence-corrected chi connectivity index (χ3v) is 2.99. The van der Waals surface area contributed by atoms with E-state index in [-0.39, 0.29) is 0 Å². The SMILES string of the molecule is Cc1c(CCl)cc(C(=O)O)c(C)c1C. The van der Waals surface area contributed by atoms with E-state index in [1.807, 2.05) is 20.8 Å². The zero-order chi connectivity index (χ0) is 10.9. The molecule has 2 nitrogen and oxygen atoms in total. The summed E-state index contributed by atoms with van der Waals surface area (Å²) in [5.41, 5.74) is 4.17. The first-order valence-electron chi connectivity index (χ1n) is 4.38. The molecule has 0 heterocycles. The average Bonchev–Trinajstić information content (AvgIpc) is 2.14. The third-order valence-electron chi connectivity index (χ3n) is 2.70. The van der Waals surface area contributed by atoms with Crippen LogP contribution < -0.4 is 0 Å². The molecule has 0 fully saturated rings. The molecule has 0 radical (unpaired) electrons. The number of hydrogen-bond donors (Lipinski definition) is 1. The van der Waals surface area contributed by atoms with Gasteiger partial charge in [0.2, 0.25) is 0 Å². The van der Waals surface area contributed by atoms with Crippen LogP contribution in [0.15, 0.2) is 6.07 Å². The molecular formula is C11H13ClO2. The predicted molar refractivity (Wildman–Crippen MR) is 57.2 cm³/mol. The molecule has 0 amide bonds. The molecule has 0 saturated carbocycles. The first kappa shape index (κ1) is 11.1. The first-order chi connectivity index (χ1) is 6.49. The van der Waals surface area contributed by atoms with Gasteiger partial charge < -0.3 is 5.11 Å². The summed E-state index contributed by atoms with van der Waals surface area (Å²) in [5.74, 6) is -0.537. The lowest BCUT2D eigenvalue weighted by Crippen LogP contribution is -2.05. The molecule has 0 atom stereocenters. The summed E-state index contributed by atoms with van der Waals surface area (Å²) < 4.78 is 0. The number of aromatic carboxylic acids is 1. The van der Waals surface area contributed by atoms with E-state index in [0.717, 1.165) is 22.3 Å². The van der Waals surface area contributed by atoms with E-state index in [0.29, 0.717) is 11.4 Å². The quantitative estimate of drug-likeness (QED) is 0.766. The maximum atomic E-state index is 10.9. The van der Waals surface area contributed by atoms with Gasteiger partial charge in [0.15, 0.2) is 0 Å². The van der Waals surface area contributed by atoms with Crippen molar-refractivity contribution in [3.8, 4) is 0 Å². The number of hydrogen-bond acceptors (Lipinski definition) is 1. The highest BCUT2D eigenvalue weighted by Crippen LogP contribution is 2.22. The van der Waals surface area contributed by atoms with E-state index in [9.17, 15) is 4.79 Å². The molecule has 0 spiro atoms. The summed E-state index contributed by atoms with van der Waals surface area (Å²) in [4.78, 5) is 10.9. The van der Waals surface area contributed by atoms with Crippen LogP contribution in [-0.2, 0) is 5.88 Å². The number of rotatable bonds is 2. The molecule has 0 aliphatic heterocycles. The lowest BCUT2D eigenvalue weighted by atomic mass is 9.95. The Morgan fingerprint density at radius 3 is 2.29 bits per heavy atom. The van der Waals surface area contributed by atoms with Crippen molar-refractivity contribution in [3.63, 3.8) is 0 Å². The summed E-state index contributed by atoms with van der Waals surface area (Å²) in [5, 5.41) is 8.96. The van der Waals surface area contributed by atoms with Gasteiger partial charge in [0.1, 0.15) is 0 Å². The third kappa shape index (κ3) is 1.75. The Labute approximate surface area is 88.5 Å². The molecule has 0 aromatic heterocycles. The Kier molecular flexibility index (Phi) is 3.17. The van der Waals surface area contributed by atoms with Crippen molar-refractivity contribution in [2.75, 3.05) is 0 Å². The van der Waals surface area contributed by atoms with Crippen LogP contribution in [0.2, 0.25) is 0 Å². The minimum atomic E-state index is -0.892. The van der Waals surface area contributed by atoms with E-state index >= 15 is 0 Å². The molecule has 0 saturated heterocycles. The second-order valence-corrected chi connectivity index (χ2v) is 3.66. The largest absolute Gasteiger partial charge is 0.478 e. The average molecular weight is 213 g/mol. The van der Waals surface area contributed by atoms with Crippen molar-refractivity contribution in [2.45, 2.75) is 26.7 Å². The lowest BCUT2D eigenvalue weighted by molar-refractivity contribution is 0.0696. The van der Waals surface area contributed by atoms with Gasteiger partial charge in [-0.1, -0.05) is 0 Å². The summed E-state index contributed by atoms with van der Waals surface area (Å²) in [6, 6.07) is 1.66. The second-order valence-electron chi connectivity index (χ2n) is 3.40. The Morgan fingerprint density at radius 2 is 1.86 bits per heavy atom. The van der Waals surface area contributed by atoms with Crippen LogP contribution in [0.1, 0.15) is 32.6 Å². The Bertz CT molecular complexity index is 383. The molecule has 0 aliphatic carbocycles. The lowest BCUT2D eigenvalue weighted by Gasteiger charge is -2.12. The summed E-state index contributed by atoms with van der Waals surface area (Å²) in [6.45, 7) is 5.71. The monoisotopic (exact) mass is 212 g/mol. The van der Waals surface area contributed by atoms with Crippen molar-refractivity contribution in [1.82, 2.24) is 0 Å². The fourth-order valence-corrected chi connectivity index (χ4v) is 1.75. The fourth-order valence-electron chi connectivity index (χ4n) is 1.48. The summed E-state index contributed by atoms with van der Waals surface area (Å²) >= 11 is 5.74. The van der Waals surface area contributed by atoms with E-state index < -0.39 is 5.97 Å². The van der Waals surface area contributed by atoms with Crippen molar-refractivity contribution in [1.29, 1.82) is 0 Å². The van der Waals surface area contributed by atoms with Gasteiger partial charge in [-0.15, -0.1) is 11.6 Å². The summed E-state index contributed by atoms with van der Waals surface area (Å²) in [7, 11) is 0. The number of carboxylic acid groups (broad SMARTS) is 1. The van der Waals surface area contributed by atoms with Crippen molar-refractivity contribution in [3.05, 3.63) is 33.9 Å². The van der Waals surface area contributed by atoms with Gasteiger partial charge in [0.25, 0.3) is 0 Å². The molecule has 1 N–H and O–H groups in total. The highest BCUT2D eigenvalue weighted by Gasteiger charge is 2.13. The molecule has 1 aromatic carbocycles. The number of halogens is 1. The van der Waals surface area contributed by atoms with Gasteiger partial charge in [0, 0.05) is 5.88 Å². The first-order valence-corrected chi connectivity index (χ1v) is 4.91. The molecule has 1 rings (SSSR count). The zero-order valence-corrected chi connectivity index (χ0v) is 9.27. The smallest absolute Gasteiger partial charge is 0.335 e. The molecule has 14 heavy (non-hydrogen) atoms. The van der Waals surface area contributed by atoms with Gasteiger partial charge in [-0.05, 0) is 49.1 Å². The van der Waals surface area contributed by atoms with Gasteiger partial charge in [-0.2, -0.15) is 0 Å². The van der Waals surface area contributed by atoms with Gasteiger partial charge in [-0.3, -0.25) is 0 Å². The van der Waals surface area contributed by atoms with Crippen molar-refractivity contribution >= 4 is 17.6 Å². The molecule has 0 aliphatic rings. The van der Waals surface area contributed by atoms with E-state index in [1.54, 1.807) is 6.07 Å². The van der Waals surface area contributed by atoms with Crippen LogP contribution in [0, 0.1) is 20.8 Å². The Hall–Kier alpha value is -1.02. The number of carboxylic acids is 1. The maximum absolute atomic E-state index is 10.9. The van der Waals surface area contributed by atoms with Crippen molar-refractivity contribution < 1.29 is 9.90 Å². The molecule has 76 valence electrons. The minimum absolute atomic E-state index is 0.351. The van der Waals surface area contributed by atoms with E-state index in [1.165, 1.54) is 0 Å². The summed E-state index contributed by atoms with van der Waals surface area (Å²) in [6.07, 6.45) is 0. The van der Waals surface area contributed by atoms with Crippen molar-refractivity contribution in [2.24, 2.45) is 0 Å². The van der Waals surface area contributed by atoms with Gasteiger partial charge >= 0.3 is 5.97 Å². The fraction of sp³-hybridized carbons (Fsp3) is 0.364. The topological polar surface area (TPSA) is 37.3 Å². The standard InChI is InChI=1S/C11H13ClO2/c1-6-7(2)9(5-12)4-10(8(6)3)11(13)14/h4H,5H2,1-3H3,(H,13,14). The Balaban J connectivity index is 3.48. The van der Waals surface area contributed by atoms with Crippen LogP contribution in [-0.4, -0.2) is 11.1 Å². The van der Waals surface area contributed by atoms with Crippen LogP contribution in [0.4, 0.5) is 0 Å². The highest BCUT2D eigenvalue weighted by atomic mass is 35.5. The molecule has 0 unspecified atom stereocenters. The van der Waals surface area contributed by atoms with Crippen LogP contribution >= 0.6 is 11.6 Å². The number of carbonyl (C=O) groups is 1. The number of benzene rings is 1. The second kappa shape index (κ2) is 4.01. The molecule has 1 aromatic rings. The van der Waals surface area contributed by atoms with Crippen LogP contribution in [0.5, 0.6) is 0 Å². The van der Waals surface area contributed by atoms with Crippen LogP contribution in [0.3, 0.4) is 0 Å². The Morgan fingerprint density at radius 1 is 1.29 bits per heavy atom. The molecule has 0 bridgehead atoms. The van der Waals surface area contributed by atoms with Crippen LogP contribution in [0.25, 0.3) is 0 Å². The number of alkyl halides is 1. The van der Waals surface area contributed by atoms with Gasteiger partial charge in [0.05, 0.1) is 5.56 Å². The van der Waals surface area contributed by atoms with E-state index in [4.69, 9.17) is 16.7 Å². The zero-order valence-electron chi connectivity index (χ0n) is 8.52.